The Morgan fingerprint density at radius 3 is 2.41 bits per heavy atom. The molecule has 58 heavy (non-hydrogen) atoms. The summed E-state index contributed by atoms with van der Waals surface area (Å²) < 4.78 is 17.5. The first-order valence-electron chi connectivity index (χ1n) is 20.4. The number of amides is 2. The van der Waals surface area contributed by atoms with Gasteiger partial charge in [-0.1, -0.05) is 48.5 Å². The zero-order chi connectivity index (χ0) is 40.4. The van der Waals surface area contributed by atoms with E-state index in [0.717, 1.165) is 50.0 Å². The number of esters is 1. The molecule has 3 aromatic carbocycles. The van der Waals surface area contributed by atoms with Crippen molar-refractivity contribution in [3.8, 4) is 11.5 Å². The number of unbranched alkanes of at least 4 members (excludes halogenated alkanes) is 1. The van der Waals surface area contributed by atoms with Crippen molar-refractivity contribution in [2.75, 3.05) is 59.0 Å². The van der Waals surface area contributed by atoms with Gasteiger partial charge in [-0.2, -0.15) is 0 Å². The average Bonchev–Trinajstić information content (AvgIpc) is 3.25. The zero-order valence-electron chi connectivity index (χ0n) is 32.6. The number of phenols is 1. The maximum atomic E-state index is 13.2. The van der Waals surface area contributed by atoms with E-state index in [1.807, 2.05) is 48.5 Å². The first-order valence-corrected chi connectivity index (χ1v) is 20.4. The van der Waals surface area contributed by atoms with Gasteiger partial charge in [-0.05, 0) is 105 Å². The number of ether oxygens (including phenoxy) is 3. The van der Waals surface area contributed by atoms with E-state index in [2.05, 4.69) is 20.5 Å². The molecule has 0 saturated carbocycles. The second-order valence-electron chi connectivity index (χ2n) is 15.5. The van der Waals surface area contributed by atoms with Gasteiger partial charge in [0.1, 0.15) is 17.6 Å². The lowest BCUT2D eigenvalue weighted by Gasteiger charge is -2.43. The highest BCUT2D eigenvalue weighted by molar-refractivity contribution is 5.87. The van der Waals surface area contributed by atoms with Crippen LogP contribution in [0.25, 0.3) is 10.9 Å². The molecule has 4 saturated heterocycles. The number of aliphatic hydroxyl groups excluding tert-OH is 1. The van der Waals surface area contributed by atoms with Gasteiger partial charge >= 0.3 is 12.1 Å². The first kappa shape index (κ1) is 40.7. The number of carbonyl (C=O) groups is 3. The van der Waals surface area contributed by atoms with Gasteiger partial charge < -0.3 is 44.9 Å². The van der Waals surface area contributed by atoms with Gasteiger partial charge in [-0.3, -0.25) is 19.3 Å². The van der Waals surface area contributed by atoms with Crippen LogP contribution < -0.4 is 20.9 Å². The third kappa shape index (κ3) is 10.3. The minimum atomic E-state index is -0.847. The van der Waals surface area contributed by atoms with E-state index in [1.165, 1.54) is 12.1 Å². The number of nitrogens with zero attached hydrogens (tertiary/aromatic N) is 2. The highest BCUT2D eigenvalue weighted by atomic mass is 16.6. The average molecular weight is 796 g/mol. The van der Waals surface area contributed by atoms with Crippen molar-refractivity contribution < 1.29 is 38.8 Å². The summed E-state index contributed by atoms with van der Waals surface area (Å²) in [4.78, 5) is 57.5. The van der Waals surface area contributed by atoms with Crippen molar-refractivity contribution in [1.29, 1.82) is 0 Å². The van der Waals surface area contributed by atoms with Crippen LogP contribution in [0.4, 0.5) is 4.79 Å². The molecule has 0 aliphatic carbocycles. The number of phenolic OH excluding ortho intramolecular Hbond substituents is 1. The molecular weight excluding hydrogens is 743 g/mol. The van der Waals surface area contributed by atoms with Crippen molar-refractivity contribution in [1.82, 2.24) is 25.4 Å². The molecule has 0 spiro atoms. The lowest BCUT2D eigenvalue weighted by atomic mass is 9.86. The Morgan fingerprint density at radius 2 is 1.66 bits per heavy atom. The van der Waals surface area contributed by atoms with Gasteiger partial charge in [-0.25, -0.2) is 4.79 Å². The van der Waals surface area contributed by atoms with Crippen molar-refractivity contribution in [2.24, 2.45) is 11.8 Å². The number of fused-ring (bicyclic) bond motifs is 4. The Labute approximate surface area is 337 Å². The summed E-state index contributed by atoms with van der Waals surface area (Å²) in [5.74, 6) is 0.157. The Bertz CT molecular complexity index is 2080. The number of nitrogens with one attached hydrogen (secondary N) is 3. The molecule has 14 heteroatoms. The van der Waals surface area contributed by atoms with E-state index in [4.69, 9.17) is 14.2 Å². The Balaban J connectivity index is 0.804. The predicted octanol–water partition coefficient (Wildman–Crippen LogP) is 4.41. The van der Waals surface area contributed by atoms with Gasteiger partial charge in [0.25, 0.3) is 5.91 Å². The number of alkyl carbamates (subject to hydrolysis) is 1. The van der Waals surface area contributed by atoms with E-state index in [1.54, 1.807) is 23.1 Å². The molecule has 8 rings (SSSR count). The minimum Gasteiger partial charge on any atom is -0.506 e. The molecule has 4 fully saturated rings. The first-order chi connectivity index (χ1) is 28.2. The quantitative estimate of drug-likeness (QED) is 0.0801. The number of likely N-dealkylation sites (tertiary alicyclic amines) is 1. The van der Waals surface area contributed by atoms with Crippen molar-refractivity contribution in [2.45, 2.75) is 56.8 Å². The summed E-state index contributed by atoms with van der Waals surface area (Å²) in [6.07, 6.45) is 3.10. The van der Waals surface area contributed by atoms with Crippen LogP contribution in [0.15, 0.2) is 83.7 Å². The molecule has 3 atom stereocenters. The highest BCUT2D eigenvalue weighted by Gasteiger charge is 2.37. The number of hydrogen-bond acceptors (Lipinski definition) is 11. The smallest absolute Gasteiger partial charge is 0.408 e. The van der Waals surface area contributed by atoms with E-state index < -0.39 is 18.2 Å². The fourth-order valence-electron chi connectivity index (χ4n) is 8.26. The van der Waals surface area contributed by atoms with Crippen LogP contribution in [0.2, 0.25) is 0 Å². The summed E-state index contributed by atoms with van der Waals surface area (Å²) >= 11 is 0. The maximum Gasteiger partial charge on any atom is 0.408 e. The third-order valence-electron chi connectivity index (χ3n) is 11.6. The number of pyridine rings is 1. The number of aliphatic hydroxyl groups is 1. The summed E-state index contributed by atoms with van der Waals surface area (Å²) in [6, 6.07) is 22.6. The molecule has 4 aliphatic heterocycles. The lowest BCUT2D eigenvalue weighted by Crippen LogP contribution is -2.52. The molecule has 0 radical (unpaired) electrons. The van der Waals surface area contributed by atoms with Crippen molar-refractivity contribution in [3.05, 3.63) is 106 Å². The number of benzene rings is 3. The molecule has 2 amide bonds. The Morgan fingerprint density at radius 1 is 0.879 bits per heavy atom. The number of aromatic amines is 1. The van der Waals surface area contributed by atoms with Gasteiger partial charge in [-0.15, -0.1) is 0 Å². The SMILES string of the molecule is O=C(NC(c1ccccc1)c1cccc(OCC(=O)N2CCC(C(=O)OCCCCNCC(O)c3ccc(O)c4[nH]c(=O)ccc34)CC2)c1)OC1CN2CCC1CC2. The van der Waals surface area contributed by atoms with Crippen LogP contribution in [0.5, 0.6) is 11.5 Å². The number of aromatic hydroxyl groups is 1. The minimum absolute atomic E-state index is 0.0585. The number of hydrogen-bond donors (Lipinski definition) is 5. The molecule has 5 N–H and O–H groups in total. The van der Waals surface area contributed by atoms with E-state index >= 15 is 0 Å². The molecular formula is C44H53N5O9. The Kier molecular flexibility index (Phi) is 13.6. The summed E-state index contributed by atoms with van der Waals surface area (Å²) in [5.41, 5.74) is 2.25. The standard InChI is InChI=1S/C44H53N5O9/c50-36-13-11-34(35-12-14-39(52)46-42(35)36)37(51)26-45-19-4-5-24-56-43(54)31-17-22-49(23-18-31)40(53)28-57-33-10-6-9-32(25-33)41(30-7-2-1-3-8-30)47-44(55)58-38-27-48-20-15-29(38)16-21-48/h1-3,6-14,25,29,31,37-38,41,45,50-51H,4-5,15-24,26-28H2,(H,46,52)(H,47,55). The van der Waals surface area contributed by atoms with Gasteiger partial charge in [0.15, 0.2) is 6.61 Å². The lowest BCUT2D eigenvalue weighted by molar-refractivity contribution is -0.152. The van der Waals surface area contributed by atoms with Gasteiger partial charge in [0, 0.05) is 37.6 Å². The Hall–Kier alpha value is -5.44. The normalized spacial score (nSPS) is 20.3. The van der Waals surface area contributed by atoms with Gasteiger partial charge in [0.05, 0.1) is 30.2 Å². The van der Waals surface area contributed by atoms with Crippen LogP contribution in [-0.2, 0) is 19.1 Å². The molecule has 308 valence electrons. The number of piperidine rings is 4. The number of aromatic nitrogens is 1. The summed E-state index contributed by atoms with van der Waals surface area (Å²) in [6.45, 7) is 4.78. The van der Waals surface area contributed by atoms with E-state index in [0.29, 0.717) is 61.5 Å². The third-order valence-corrected chi connectivity index (χ3v) is 11.6. The molecule has 2 bridgehead atoms. The van der Waals surface area contributed by atoms with Crippen LogP contribution >= 0.6 is 0 Å². The second-order valence-corrected chi connectivity index (χ2v) is 15.5. The maximum absolute atomic E-state index is 13.2. The van der Waals surface area contributed by atoms with Gasteiger partial charge in [0.2, 0.25) is 5.56 Å². The van der Waals surface area contributed by atoms with Crippen LogP contribution in [0.1, 0.15) is 67.4 Å². The monoisotopic (exact) mass is 795 g/mol. The molecule has 1 aromatic heterocycles. The second kappa shape index (κ2) is 19.3. The highest BCUT2D eigenvalue weighted by Crippen LogP contribution is 2.31. The topological polar surface area (TPSA) is 183 Å². The van der Waals surface area contributed by atoms with Crippen LogP contribution in [-0.4, -0.2) is 108 Å². The van der Waals surface area contributed by atoms with Crippen LogP contribution in [0, 0.1) is 11.8 Å². The van der Waals surface area contributed by atoms with Crippen LogP contribution in [0.3, 0.4) is 0 Å². The molecule has 5 heterocycles. The zero-order valence-corrected chi connectivity index (χ0v) is 32.6. The largest absolute Gasteiger partial charge is 0.506 e. The number of carbonyl (C=O) groups excluding carboxylic acids is 3. The summed E-state index contributed by atoms with van der Waals surface area (Å²) in [7, 11) is 0. The van der Waals surface area contributed by atoms with E-state index in [-0.39, 0.29) is 60.5 Å². The fourth-order valence-corrected chi connectivity index (χ4v) is 8.26. The fraction of sp³-hybridized carbons (Fsp3) is 0.455. The molecule has 3 unspecified atom stereocenters. The van der Waals surface area contributed by atoms with E-state index in [9.17, 15) is 29.4 Å². The number of rotatable bonds is 16. The molecule has 4 aromatic rings. The van der Waals surface area contributed by atoms with Crippen molar-refractivity contribution >= 4 is 28.9 Å². The number of H-pyrrole nitrogens is 1. The molecule has 14 nitrogen and oxygen atoms in total. The molecule has 4 aliphatic rings. The van der Waals surface area contributed by atoms with Crippen molar-refractivity contribution in [3.63, 3.8) is 0 Å². The predicted molar refractivity (Wildman–Crippen MR) is 216 cm³/mol. The summed E-state index contributed by atoms with van der Waals surface area (Å²) in [5, 5.41) is 27.7.